The summed E-state index contributed by atoms with van der Waals surface area (Å²) in [6.45, 7) is 4.86. The zero-order valence-corrected chi connectivity index (χ0v) is 15.5. The Bertz CT molecular complexity index is 722. The molecule has 4 amide bonds. The van der Waals surface area contributed by atoms with E-state index in [0.29, 0.717) is 5.69 Å². The number of thioether (sulfide) groups is 1. The first-order chi connectivity index (χ1) is 12.3. The van der Waals surface area contributed by atoms with Gasteiger partial charge >= 0.3 is 12.0 Å². The highest BCUT2D eigenvalue weighted by Crippen LogP contribution is 2.36. The van der Waals surface area contributed by atoms with E-state index in [-0.39, 0.29) is 18.4 Å². The van der Waals surface area contributed by atoms with E-state index in [4.69, 9.17) is 4.74 Å². The van der Waals surface area contributed by atoms with E-state index in [0.717, 1.165) is 4.90 Å². The third-order valence-electron chi connectivity index (χ3n) is 3.39. The zero-order chi connectivity index (χ0) is 19.3. The second-order valence-corrected chi connectivity index (χ2v) is 7.29. The minimum Gasteiger partial charge on any atom is -0.452 e. The number of esters is 1. The summed E-state index contributed by atoms with van der Waals surface area (Å²) in [5, 5.41) is 6.68. The van der Waals surface area contributed by atoms with Crippen molar-refractivity contribution in [3.63, 3.8) is 0 Å². The molecule has 2 atom stereocenters. The van der Waals surface area contributed by atoms with Crippen LogP contribution in [0.25, 0.3) is 0 Å². The topological polar surface area (TPSA) is 114 Å². The van der Waals surface area contributed by atoms with Crippen molar-refractivity contribution < 1.29 is 23.9 Å². The number of hydrogen-bond donors (Lipinski definition) is 3. The van der Waals surface area contributed by atoms with Gasteiger partial charge in [0.15, 0.2) is 6.10 Å². The highest BCUT2D eigenvalue weighted by Gasteiger charge is 2.30. The zero-order valence-electron chi connectivity index (χ0n) is 14.7. The molecule has 1 aliphatic rings. The van der Waals surface area contributed by atoms with Gasteiger partial charge < -0.3 is 15.4 Å². The van der Waals surface area contributed by atoms with Crippen molar-refractivity contribution in [1.82, 2.24) is 10.6 Å². The lowest BCUT2D eigenvalue weighted by Gasteiger charge is -2.23. The molecule has 0 saturated carbocycles. The number of amides is 4. The average molecular weight is 379 g/mol. The summed E-state index contributed by atoms with van der Waals surface area (Å²) in [6.07, 6.45) is -1.33. The van der Waals surface area contributed by atoms with Gasteiger partial charge in [0.25, 0.3) is 5.91 Å². The van der Waals surface area contributed by atoms with E-state index in [9.17, 15) is 19.2 Å². The first-order valence-electron chi connectivity index (χ1n) is 8.13. The van der Waals surface area contributed by atoms with Gasteiger partial charge in [-0.25, -0.2) is 4.79 Å². The maximum atomic E-state index is 12.1. The standard InChI is InChI=1S/C17H21N3O5S/c1-9(2)18-17(24)20-15(22)10(3)25-14(21)8-13-16(23)19-11-6-4-5-7-12(11)26-13/h4-7,9-10,13H,8H2,1-3H3,(H,19,23)(H2,18,20,22,24)/t10-,13+/m1/s1. The normalized spacial score (nSPS) is 16.9. The molecular weight excluding hydrogens is 358 g/mol. The fourth-order valence-corrected chi connectivity index (χ4v) is 3.28. The van der Waals surface area contributed by atoms with Crippen LogP contribution in [0, 0.1) is 0 Å². The number of benzene rings is 1. The molecule has 1 aliphatic heterocycles. The second-order valence-electron chi connectivity index (χ2n) is 6.05. The molecule has 0 saturated heterocycles. The monoisotopic (exact) mass is 379 g/mol. The Morgan fingerprint density at radius 1 is 1.23 bits per heavy atom. The first kappa shape index (κ1) is 19.8. The van der Waals surface area contributed by atoms with Crippen molar-refractivity contribution in [2.75, 3.05) is 5.32 Å². The van der Waals surface area contributed by atoms with E-state index in [2.05, 4.69) is 16.0 Å². The summed E-state index contributed by atoms with van der Waals surface area (Å²) in [5.74, 6) is -1.72. The van der Waals surface area contributed by atoms with E-state index in [1.54, 1.807) is 19.9 Å². The first-order valence-corrected chi connectivity index (χ1v) is 9.01. The number of rotatable bonds is 5. The van der Waals surface area contributed by atoms with Crippen LogP contribution in [0.1, 0.15) is 27.2 Å². The van der Waals surface area contributed by atoms with Crippen LogP contribution in [0.4, 0.5) is 10.5 Å². The largest absolute Gasteiger partial charge is 0.452 e. The number of para-hydroxylation sites is 1. The van der Waals surface area contributed by atoms with Gasteiger partial charge in [-0.15, -0.1) is 11.8 Å². The Morgan fingerprint density at radius 3 is 2.62 bits per heavy atom. The van der Waals surface area contributed by atoms with Gasteiger partial charge in [-0.2, -0.15) is 0 Å². The third-order valence-corrected chi connectivity index (χ3v) is 4.67. The minimum atomic E-state index is -1.15. The quantitative estimate of drug-likeness (QED) is 0.671. The fraction of sp³-hybridized carbons (Fsp3) is 0.412. The smallest absolute Gasteiger partial charge is 0.321 e. The van der Waals surface area contributed by atoms with Gasteiger partial charge in [-0.3, -0.25) is 19.7 Å². The van der Waals surface area contributed by atoms with Gasteiger partial charge in [0.2, 0.25) is 5.91 Å². The van der Waals surface area contributed by atoms with Crippen molar-refractivity contribution in [3.8, 4) is 0 Å². The summed E-state index contributed by atoms with van der Waals surface area (Å²) in [7, 11) is 0. The number of imide groups is 1. The molecule has 0 spiro atoms. The number of ether oxygens (including phenoxy) is 1. The summed E-state index contributed by atoms with van der Waals surface area (Å²) < 4.78 is 5.03. The van der Waals surface area contributed by atoms with Gasteiger partial charge in [-0.1, -0.05) is 12.1 Å². The van der Waals surface area contributed by atoms with Crippen LogP contribution < -0.4 is 16.0 Å². The molecule has 26 heavy (non-hydrogen) atoms. The van der Waals surface area contributed by atoms with Gasteiger partial charge in [0, 0.05) is 10.9 Å². The van der Waals surface area contributed by atoms with Crippen LogP contribution in [0.3, 0.4) is 0 Å². The van der Waals surface area contributed by atoms with Crippen LogP contribution in [0.15, 0.2) is 29.2 Å². The highest BCUT2D eigenvalue weighted by molar-refractivity contribution is 8.01. The number of anilines is 1. The molecule has 3 N–H and O–H groups in total. The molecule has 0 bridgehead atoms. The lowest BCUT2D eigenvalue weighted by atomic mass is 10.2. The van der Waals surface area contributed by atoms with Gasteiger partial charge in [-0.05, 0) is 32.9 Å². The number of carbonyl (C=O) groups excluding carboxylic acids is 4. The Labute approximate surface area is 155 Å². The maximum absolute atomic E-state index is 12.1. The molecule has 1 heterocycles. The highest BCUT2D eigenvalue weighted by atomic mass is 32.2. The SMILES string of the molecule is CC(C)NC(=O)NC(=O)[C@@H](C)OC(=O)C[C@@H]1Sc2ccccc2NC1=O. The van der Waals surface area contributed by atoms with Gasteiger partial charge in [0.05, 0.1) is 17.4 Å². The number of urea groups is 1. The van der Waals surface area contributed by atoms with Gasteiger partial charge in [0.1, 0.15) is 0 Å². The Morgan fingerprint density at radius 2 is 1.92 bits per heavy atom. The fourth-order valence-electron chi connectivity index (χ4n) is 2.19. The molecular formula is C17H21N3O5S. The Kier molecular flexibility index (Phi) is 6.62. The van der Waals surface area contributed by atoms with Crippen LogP contribution in [0.2, 0.25) is 0 Å². The molecule has 1 aromatic rings. The molecule has 140 valence electrons. The van der Waals surface area contributed by atoms with Crippen molar-refractivity contribution in [3.05, 3.63) is 24.3 Å². The molecule has 2 rings (SSSR count). The number of nitrogens with one attached hydrogen (secondary N) is 3. The predicted molar refractivity (Wildman–Crippen MR) is 96.7 cm³/mol. The van der Waals surface area contributed by atoms with Crippen LogP contribution in [0.5, 0.6) is 0 Å². The summed E-state index contributed by atoms with van der Waals surface area (Å²) in [4.78, 5) is 48.3. The van der Waals surface area contributed by atoms with E-state index in [1.807, 2.05) is 18.2 Å². The van der Waals surface area contributed by atoms with E-state index >= 15 is 0 Å². The number of fused-ring (bicyclic) bond motifs is 1. The summed E-state index contributed by atoms with van der Waals surface area (Å²) in [5.41, 5.74) is 0.705. The van der Waals surface area contributed by atoms with Crippen molar-refractivity contribution >= 4 is 41.3 Å². The lowest BCUT2D eigenvalue weighted by molar-refractivity contribution is -0.154. The third kappa shape index (κ3) is 5.48. The number of hydrogen-bond acceptors (Lipinski definition) is 6. The maximum Gasteiger partial charge on any atom is 0.321 e. The predicted octanol–water partition coefficient (Wildman–Crippen LogP) is 1.66. The molecule has 0 unspecified atom stereocenters. The molecule has 0 aromatic heterocycles. The lowest BCUT2D eigenvalue weighted by Crippen LogP contribution is -2.46. The minimum absolute atomic E-state index is 0.134. The molecule has 0 aliphatic carbocycles. The van der Waals surface area contributed by atoms with Crippen molar-refractivity contribution in [2.24, 2.45) is 0 Å². The van der Waals surface area contributed by atoms with E-state index in [1.165, 1.54) is 18.7 Å². The number of carbonyl (C=O) groups is 4. The van der Waals surface area contributed by atoms with Crippen LogP contribution in [-0.4, -0.2) is 41.2 Å². The molecule has 0 fully saturated rings. The van der Waals surface area contributed by atoms with E-state index < -0.39 is 29.3 Å². The van der Waals surface area contributed by atoms with Crippen molar-refractivity contribution in [1.29, 1.82) is 0 Å². The molecule has 1 aromatic carbocycles. The van der Waals surface area contributed by atoms with Crippen LogP contribution >= 0.6 is 11.8 Å². The molecule has 9 heteroatoms. The second kappa shape index (κ2) is 8.70. The summed E-state index contributed by atoms with van der Waals surface area (Å²) in [6, 6.07) is 6.49. The Hall–Kier alpha value is -2.55. The van der Waals surface area contributed by atoms with Crippen molar-refractivity contribution in [2.45, 2.75) is 49.5 Å². The summed E-state index contributed by atoms with van der Waals surface area (Å²) >= 11 is 1.27. The molecule has 8 nitrogen and oxygen atoms in total. The molecule has 0 radical (unpaired) electrons. The average Bonchev–Trinajstić information content (AvgIpc) is 2.54. The Balaban J connectivity index is 1.85. The van der Waals surface area contributed by atoms with Crippen LogP contribution in [-0.2, 0) is 19.1 Å².